The van der Waals surface area contributed by atoms with Crippen LogP contribution in [0.2, 0.25) is 0 Å². The lowest BCUT2D eigenvalue weighted by Gasteiger charge is -2.17. The fourth-order valence-corrected chi connectivity index (χ4v) is 2.71. The fourth-order valence-electron chi connectivity index (χ4n) is 2.71. The minimum Gasteiger partial charge on any atom is -0.337 e. The van der Waals surface area contributed by atoms with E-state index in [1.807, 2.05) is 30.3 Å². The Morgan fingerprint density at radius 2 is 1.59 bits per heavy atom. The molecule has 0 aromatic heterocycles. The summed E-state index contributed by atoms with van der Waals surface area (Å²) in [6.07, 6.45) is 0. The molecule has 0 saturated heterocycles. The van der Waals surface area contributed by atoms with Gasteiger partial charge in [0.1, 0.15) is 5.82 Å². The molecule has 0 aliphatic carbocycles. The maximum atomic E-state index is 13.3. The molecule has 3 aromatic rings. The zero-order chi connectivity index (χ0) is 19.2. The standard InChI is InChI=1S/C22H19FN2O2/c1-25(15-16-7-3-2-4-8-16)22(27)18-10-5-9-17(13-18)21(26)24-20-12-6-11-19(23)14-20/h2-14H,15H2,1H3,(H,24,26). The van der Waals surface area contributed by atoms with E-state index in [0.717, 1.165) is 5.56 Å². The molecular formula is C22H19FN2O2. The summed E-state index contributed by atoms with van der Waals surface area (Å²) in [6, 6.07) is 21.8. The van der Waals surface area contributed by atoms with Crippen LogP contribution in [0.15, 0.2) is 78.9 Å². The van der Waals surface area contributed by atoms with E-state index in [2.05, 4.69) is 5.32 Å². The van der Waals surface area contributed by atoms with Crippen LogP contribution in [0.4, 0.5) is 10.1 Å². The van der Waals surface area contributed by atoms with Gasteiger partial charge in [0.15, 0.2) is 0 Å². The quantitative estimate of drug-likeness (QED) is 0.734. The van der Waals surface area contributed by atoms with Crippen molar-refractivity contribution in [2.75, 3.05) is 12.4 Å². The van der Waals surface area contributed by atoms with Gasteiger partial charge in [0.05, 0.1) is 0 Å². The Bertz CT molecular complexity index is 957. The van der Waals surface area contributed by atoms with Gasteiger partial charge >= 0.3 is 0 Å². The van der Waals surface area contributed by atoms with Crippen molar-refractivity contribution in [1.29, 1.82) is 0 Å². The number of carbonyl (C=O) groups excluding carboxylic acids is 2. The lowest BCUT2D eigenvalue weighted by atomic mass is 10.1. The highest BCUT2D eigenvalue weighted by molar-refractivity contribution is 6.06. The minimum absolute atomic E-state index is 0.181. The number of nitrogens with zero attached hydrogens (tertiary/aromatic N) is 1. The van der Waals surface area contributed by atoms with Crippen molar-refractivity contribution >= 4 is 17.5 Å². The zero-order valence-corrected chi connectivity index (χ0v) is 14.9. The summed E-state index contributed by atoms with van der Waals surface area (Å²) >= 11 is 0. The Labute approximate surface area is 157 Å². The summed E-state index contributed by atoms with van der Waals surface area (Å²) in [6.45, 7) is 0.472. The highest BCUT2D eigenvalue weighted by Gasteiger charge is 2.15. The van der Waals surface area contributed by atoms with Gasteiger partial charge in [-0.2, -0.15) is 0 Å². The first-order valence-electron chi connectivity index (χ1n) is 8.49. The molecule has 0 fully saturated rings. The Balaban J connectivity index is 1.72. The summed E-state index contributed by atoms with van der Waals surface area (Å²) in [7, 11) is 1.72. The van der Waals surface area contributed by atoms with E-state index in [-0.39, 0.29) is 5.91 Å². The third kappa shape index (κ3) is 4.79. The molecule has 0 bridgehead atoms. The fraction of sp³-hybridized carbons (Fsp3) is 0.0909. The Kier molecular flexibility index (Phi) is 5.61. The molecule has 4 nitrogen and oxygen atoms in total. The van der Waals surface area contributed by atoms with Crippen LogP contribution < -0.4 is 5.32 Å². The Morgan fingerprint density at radius 3 is 2.33 bits per heavy atom. The molecule has 0 saturated carbocycles. The van der Waals surface area contributed by atoms with Crippen LogP contribution in [-0.4, -0.2) is 23.8 Å². The Hall–Kier alpha value is -3.47. The highest BCUT2D eigenvalue weighted by Crippen LogP contribution is 2.14. The second-order valence-electron chi connectivity index (χ2n) is 6.19. The van der Waals surface area contributed by atoms with Gasteiger partial charge in [0.2, 0.25) is 0 Å². The van der Waals surface area contributed by atoms with E-state index < -0.39 is 11.7 Å². The number of hydrogen-bond acceptors (Lipinski definition) is 2. The second kappa shape index (κ2) is 8.27. The Morgan fingerprint density at radius 1 is 0.889 bits per heavy atom. The number of amides is 2. The predicted octanol–water partition coefficient (Wildman–Crippen LogP) is 4.35. The summed E-state index contributed by atoms with van der Waals surface area (Å²) < 4.78 is 13.3. The first-order valence-corrected chi connectivity index (χ1v) is 8.49. The molecule has 0 heterocycles. The molecule has 3 aromatic carbocycles. The maximum absolute atomic E-state index is 13.3. The van der Waals surface area contributed by atoms with Crippen molar-refractivity contribution in [3.63, 3.8) is 0 Å². The van der Waals surface area contributed by atoms with Crippen LogP contribution in [0.1, 0.15) is 26.3 Å². The summed E-state index contributed by atoms with van der Waals surface area (Å²) in [4.78, 5) is 26.7. The number of halogens is 1. The molecule has 3 rings (SSSR count). The molecule has 0 aliphatic rings. The molecule has 0 atom stereocenters. The molecule has 2 amide bonds. The normalized spacial score (nSPS) is 10.3. The van der Waals surface area contributed by atoms with E-state index >= 15 is 0 Å². The molecule has 0 aliphatic heterocycles. The van der Waals surface area contributed by atoms with Crippen LogP contribution >= 0.6 is 0 Å². The average molecular weight is 362 g/mol. The zero-order valence-electron chi connectivity index (χ0n) is 14.9. The number of rotatable bonds is 5. The lowest BCUT2D eigenvalue weighted by molar-refractivity contribution is 0.0785. The topological polar surface area (TPSA) is 49.4 Å². The molecule has 136 valence electrons. The highest BCUT2D eigenvalue weighted by atomic mass is 19.1. The van der Waals surface area contributed by atoms with Crippen LogP contribution in [0.5, 0.6) is 0 Å². The van der Waals surface area contributed by atoms with E-state index in [0.29, 0.717) is 23.4 Å². The molecule has 27 heavy (non-hydrogen) atoms. The summed E-state index contributed by atoms with van der Waals surface area (Å²) in [5, 5.41) is 2.63. The van der Waals surface area contributed by atoms with Gasteiger partial charge in [-0.15, -0.1) is 0 Å². The first kappa shape index (κ1) is 18.3. The van der Waals surface area contributed by atoms with Gasteiger partial charge in [-0.05, 0) is 42.0 Å². The monoisotopic (exact) mass is 362 g/mol. The van der Waals surface area contributed by atoms with Gasteiger partial charge in [-0.1, -0.05) is 42.5 Å². The summed E-state index contributed by atoms with van der Waals surface area (Å²) in [5.74, 6) is -1.01. The van der Waals surface area contributed by atoms with Crippen LogP contribution in [0, 0.1) is 5.82 Å². The average Bonchev–Trinajstić information content (AvgIpc) is 2.68. The minimum atomic E-state index is -0.431. The van der Waals surface area contributed by atoms with Crippen molar-refractivity contribution in [2.45, 2.75) is 6.54 Å². The number of anilines is 1. The van der Waals surface area contributed by atoms with Gasteiger partial charge < -0.3 is 10.2 Å². The largest absolute Gasteiger partial charge is 0.337 e. The van der Waals surface area contributed by atoms with E-state index in [1.54, 1.807) is 42.3 Å². The summed E-state index contributed by atoms with van der Waals surface area (Å²) in [5.41, 5.74) is 2.13. The predicted molar refractivity (Wildman–Crippen MR) is 103 cm³/mol. The number of benzene rings is 3. The third-order valence-corrected chi connectivity index (χ3v) is 4.06. The molecular weight excluding hydrogens is 343 g/mol. The SMILES string of the molecule is CN(Cc1ccccc1)C(=O)c1cccc(C(=O)Nc2cccc(F)c2)c1. The van der Waals surface area contributed by atoms with Crippen LogP contribution in [-0.2, 0) is 6.54 Å². The van der Waals surface area contributed by atoms with Gasteiger partial charge in [0.25, 0.3) is 11.8 Å². The first-order chi connectivity index (χ1) is 13.0. The molecule has 1 N–H and O–H groups in total. The maximum Gasteiger partial charge on any atom is 0.255 e. The number of hydrogen-bond donors (Lipinski definition) is 1. The van der Waals surface area contributed by atoms with Gasteiger partial charge in [-0.3, -0.25) is 9.59 Å². The molecule has 0 radical (unpaired) electrons. The van der Waals surface area contributed by atoms with Crippen molar-refractivity contribution in [3.05, 3.63) is 101 Å². The van der Waals surface area contributed by atoms with Crippen LogP contribution in [0.25, 0.3) is 0 Å². The van der Waals surface area contributed by atoms with Crippen LogP contribution in [0.3, 0.4) is 0 Å². The third-order valence-electron chi connectivity index (χ3n) is 4.06. The van der Waals surface area contributed by atoms with Crippen molar-refractivity contribution < 1.29 is 14.0 Å². The number of nitrogens with one attached hydrogen (secondary N) is 1. The van der Waals surface area contributed by atoms with E-state index in [1.165, 1.54) is 18.2 Å². The van der Waals surface area contributed by atoms with Crippen molar-refractivity contribution in [1.82, 2.24) is 4.90 Å². The van der Waals surface area contributed by atoms with Gasteiger partial charge in [-0.25, -0.2) is 4.39 Å². The smallest absolute Gasteiger partial charge is 0.255 e. The van der Waals surface area contributed by atoms with Gasteiger partial charge in [0, 0.05) is 30.4 Å². The van der Waals surface area contributed by atoms with E-state index in [9.17, 15) is 14.0 Å². The van der Waals surface area contributed by atoms with Crippen molar-refractivity contribution in [3.8, 4) is 0 Å². The van der Waals surface area contributed by atoms with E-state index in [4.69, 9.17) is 0 Å². The molecule has 5 heteroatoms. The molecule has 0 spiro atoms. The van der Waals surface area contributed by atoms with Crippen molar-refractivity contribution in [2.24, 2.45) is 0 Å². The lowest BCUT2D eigenvalue weighted by Crippen LogP contribution is -2.26. The number of carbonyl (C=O) groups is 2. The second-order valence-corrected chi connectivity index (χ2v) is 6.19. The molecule has 0 unspecified atom stereocenters.